The molecular weight excluding hydrogens is 381 g/mol. The first-order valence-corrected chi connectivity index (χ1v) is 8.23. The minimum absolute atomic E-state index is 0.0236. The molecule has 0 aliphatic rings. The molecule has 0 radical (unpaired) electrons. The van der Waals surface area contributed by atoms with Crippen molar-refractivity contribution in [3.05, 3.63) is 81.4 Å². The maximum Gasteiger partial charge on any atom is 0.137 e. The second-order valence-electron chi connectivity index (χ2n) is 4.26. The van der Waals surface area contributed by atoms with E-state index in [1.165, 1.54) is 36.9 Å². The van der Waals surface area contributed by atoms with Gasteiger partial charge in [-0.1, -0.05) is 0 Å². The first-order chi connectivity index (χ1) is 11.6. The van der Waals surface area contributed by atoms with Gasteiger partial charge < -0.3 is 0 Å². The predicted molar refractivity (Wildman–Crippen MR) is 87.6 cm³/mol. The van der Waals surface area contributed by atoms with E-state index in [4.69, 9.17) is 0 Å². The number of nitrogens with one attached hydrogen (secondary N) is 1. The van der Waals surface area contributed by atoms with Crippen LogP contribution in [0.15, 0.2) is 61.2 Å². The van der Waals surface area contributed by atoms with E-state index < -0.39 is 9.85 Å². The largest absolute Gasteiger partial charge is 0.266 e. The number of nitro groups is 2. The molecule has 0 saturated carbocycles. The molecule has 0 unspecified atom stereocenters. The van der Waals surface area contributed by atoms with Gasteiger partial charge in [-0.05, 0) is 0 Å². The van der Waals surface area contributed by atoms with Crippen LogP contribution in [0.1, 0.15) is 0 Å². The van der Waals surface area contributed by atoms with Crippen LogP contribution in [-0.2, 0) is 0 Å². The zero-order valence-electron chi connectivity index (χ0n) is 12.1. The summed E-state index contributed by atoms with van der Waals surface area (Å²) in [5.74, 6) is 0. The van der Waals surface area contributed by atoms with Crippen molar-refractivity contribution in [2.75, 3.05) is 0 Å². The quantitative estimate of drug-likeness (QED) is 0.400. The normalized spacial score (nSPS) is 9.67. The number of hydrogen-bond donors (Lipinski definition) is 1. The Balaban J connectivity index is 0.000000355. The Morgan fingerprint density at radius 1 is 0.833 bits per heavy atom. The van der Waals surface area contributed by atoms with Crippen LogP contribution in [0.5, 0.6) is 0 Å². The molecule has 122 valence electrons. The molecule has 0 saturated heterocycles. The van der Waals surface area contributed by atoms with Crippen molar-refractivity contribution in [3.63, 3.8) is 0 Å². The average Bonchev–Trinajstić information content (AvgIpc) is 3.15. The molecule has 0 fully saturated rings. The molecule has 1 aromatic heterocycles. The Morgan fingerprint density at radius 2 is 1.29 bits per heavy atom. The zero-order chi connectivity index (χ0) is 17.4. The molecule has 24 heavy (non-hydrogen) atoms. The SMILES string of the molecule is O=[N+]([O-])c1ccc([Se]c2ccc([N+](=O)[O-])cc2)cc1.c1nc[nH]n1. The fraction of sp³-hybridized carbons (Fsp3) is 0. The third-order valence-corrected chi connectivity index (χ3v) is 4.79. The van der Waals surface area contributed by atoms with Crippen molar-refractivity contribution in [1.29, 1.82) is 0 Å². The summed E-state index contributed by atoms with van der Waals surface area (Å²) in [5.41, 5.74) is 0.117. The van der Waals surface area contributed by atoms with E-state index in [1.54, 1.807) is 24.3 Å². The molecule has 0 atom stereocenters. The Labute approximate surface area is 142 Å². The molecule has 0 aliphatic carbocycles. The summed E-state index contributed by atoms with van der Waals surface area (Å²) in [6, 6.07) is 12.7. The van der Waals surface area contributed by atoms with Crippen LogP contribution in [0.25, 0.3) is 0 Å². The van der Waals surface area contributed by atoms with Gasteiger partial charge in [0.1, 0.15) is 12.7 Å². The van der Waals surface area contributed by atoms with E-state index in [2.05, 4.69) is 15.2 Å². The van der Waals surface area contributed by atoms with Crippen LogP contribution >= 0.6 is 0 Å². The van der Waals surface area contributed by atoms with Gasteiger partial charge in [-0.3, -0.25) is 5.10 Å². The van der Waals surface area contributed by atoms with Gasteiger partial charge in [0.05, 0.1) is 0 Å². The number of rotatable bonds is 4. The first-order valence-electron chi connectivity index (χ1n) is 6.52. The topological polar surface area (TPSA) is 128 Å². The maximum absolute atomic E-state index is 10.5. The number of benzene rings is 2. The standard InChI is InChI=1S/C12H8N2O4Se.C2H3N3/c15-13(16)9-1-5-11(6-2-9)19-12-7-3-10(4-8-12)14(17)18;1-3-2-5-4-1/h1-8H;1-2H,(H,3,4,5). The molecule has 3 aromatic rings. The third kappa shape index (κ3) is 5.27. The summed E-state index contributed by atoms with van der Waals surface area (Å²) in [6.07, 6.45) is 2.96. The smallest absolute Gasteiger partial charge is 0.137 e. The molecule has 1 heterocycles. The molecule has 2 aromatic carbocycles. The molecule has 1 N–H and O–H groups in total. The number of aromatic amines is 1. The zero-order valence-corrected chi connectivity index (χ0v) is 13.8. The van der Waals surface area contributed by atoms with E-state index in [-0.39, 0.29) is 26.3 Å². The van der Waals surface area contributed by atoms with Crippen molar-refractivity contribution in [3.8, 4) is 0 Å². The van der Waals surface area contributed by atoms with Gasteiger partial charge in [0.2, 0.25) is 0 Å². The number of nitro benzene ring substituents is 2. The van der Waals surface area contributed by atoms with Gasteiger partial charge in [-0.2, -0.15) is 5.10 Å². The summed E-state index contributed by atoms with van der Waals surface area (Å²) >= 11 is -0.0236. The molecule has 9 nitrogen and oxygen atoms in total. The summed E-state index contributed by atoms with van der Waals surface area (Å²) in [5, 5.41) is 27.0. The van der Waals surface area contributed by atoms with E-state index in [0.717, 1.165) is 8.92 Å². The monoisotopic (exact) mass is 393 g/mol. The first kappa shape index (κ1) is 17.3. The molecule has 0 amide bonds. The fourth-order valence-electron chi connectivity index (χ4n) is 1.57. The average molecular weight is 392 g/mol. The van der Waals surface area contributed by atoms with E-state index in [0.29, 0.717) is 0 Å². The van der Waals surface area contributed by atoms with Gasteiger partial charge in [0, 0.05) is 0 Å². The maximum atomic E-state index is 10.5. The number of aromatic nitrogens is 3. The van der Waals surface area contributed by atoms with Crippen LogP contribution in [0.2, 0.25) is 0 Å². The number of H-pyrrole nitrogens is 1. The summed E-state index contributed by atoms with van der Waals surface area (Å²) in [7, 11) is 0. The Kier molecular flexibility index (Phi) is 6.12. The van der Waals surface area contributed by atoms with Crippen molar-refractivity contribution >= 4 is 35.3 Å². The van der Waals surface area contributed by atoms with Crippen molar-refractivity contribution in [2.24, 2.45) is 0 Å². The van der Waals surface area contributed by atoms with Gasteiger partial charge in [0.25, 0.3) is 0 Å². The van der Waals surface area contributed by atoms with Crippen molar-refractivity contribution in [2.45, 2.75) is 0 Å². The van der Waals surface area contributed by atoms with Crippen LogP contribution in [0.4, 0.5) is 11.4 Å². The predicted octanol–water partition coefficient (Wildman–Crippen LogP) is 0.963. The second-order valence-corrected chi connectivity index (χ2v) is 6.66. The Bertz CT molecular complexity index is 718. The van der Waals surface area contributed by atoms with Crippen molar-refractivity contribution in [1.82, 2.24) is 15.2 Å². The Morgan fingerprint density at radius 3 is 1.54 bits per heavy atom. The van der Waals surface area contributed by atoms with Crippen molar-refractivity contribution < 1.29 is 9.85 Å². The summed E-state index contributed by atoms with van der Waals surface area (Å²) in [4.78, 5) is 23.7. The minimum Gasteiger partial charge on any atom is -0.266 e. The molecule has 0 aliphatic heterocycles. The van der Waals surface area contributed by atoms with E-state index in [9.17, 15) is 20.2 Å². The van der Waals surface area contributed by atoms with E-state index >= 15 is 0 Å². The molecule has 0 bridgehead atoms. The minimum atomic E-state index is -0.442. The van der Waals surface area contributed by atoms with Gasteiger partial charge >= 0.3 is 114 Å². The number of hydrogen-bond acceptors (Lipinski definition) is 6. The van der Waals surface area contributed by atoms with Gasteiger partial charge in [-0.15, -0.1) is 0 Å². The Hall–Kier alpha value is -3.10. The molecule has 0 spiro atoms. The van der Waals surface area contributed by atoms with Gasteiger partial charge in [-0.25, -0.2) is 4.98 Å². The fourth-order valence-corrected chi connectivity index (χ4v) is 3.29. The van der Waals surface area contributed by atoms with Crippen LogP contribution in [-0.4, -0.2) is 40.0 Å². The summed E-state index contributed by atoms with van der Waals surface area (Å²) < 4.78 is 1.96. The third-order valence-electron chi connectivity index (χ3n) is 2.66. The van der Waals surface area contributed by atoms with E-state index in [1.807, 2.05) is 0 Å². The van der Waals surface area contributed by atoms with Crippen LogP contribution < -0.4 is 8.92 Å². The molecule has 10 heteroatoms. The molecular formula is C14H11N5O4Se. The number of non-ortho nitro benzene ring substituents is 2. The number of nitrogens with zero attached hydrogens (tertiary/aromatic N) is 4. The molecule has 3 rings (SSSR count). The summed E-state index contributed by atoms with van der Waals surface area (Å²) in [6.45, 7) is 0. The second kappa shape index (κ2) is 8.51. The van der Waals surface area contributed by atoms with Crippen LogP contribution in [0.3, 0.4) is 0 Å². The van der Waals surface area contributed by atoms with Crippen LogP contribution in [0, 0.1) is 20.2 Å². The van der Waals surface area contributed by atoms with Gasteiger partial charge in [0.15, 0.2) is 0 Å².